The summed E-state index contributed by atoms with van der Waals surface area (Å²) < 4.78 is 15.8. The van der Waals surface area contributed by atoms with Gasteiger partial charge in [0.05, 0.1) is 11.4 Å². The molecular weight excluding hydrogens is 309 g/mol. The van der Waals surface area contributed by atoms with E-state index in [1.807, 2.05) is 12.3 Å². The van der Waals surface area contributed by atoms with E-state index in [0.717, 1.165) is 10.2 Å². The Morgan fingerprint density at radius 2 is 2.05 bits per heavy atom. The lowest BCUT2D eigenvalue weighted by atomic mass is 10.1. The third-order valence-corrected chi connectivity index (χ3v) is 3.27. The van der Waals surface area contributed by atoms with Crippen LogP contribution in [0, 0.1) is 5.82 Å². The fourth-order valence-electron chi connectivity index (χ4n) is 1.61. The van der Waals surface area contributed by atoms with Crippen LogP contribution in [0.25, 0.3) is 5.69 Å². The number of nitrogens with one attached hydrogen (secondary N) is 1. The lowest BCUT2D eigenvalue weighted by molar-refractivity contribution is 0.420. The van der Waals surface area contributed by atoms with Crippen LogP contribution in [0.3, 0.4) is 0 Å². The molecule has 0 unspecified atom stereocenters. The molecule has 5 heteroatoms. The Labute approximate surface area is 121 Å². The molecule has 0 aliphatic carbocycles. The van der Waals surface area contributed by atoms with Crippen LogP contribution in [0.5, 0.6) is 0 Å². The molecule has 1 aromatic carbocycles. The van der Waals surface area contributed by atoms with Gasteiger partial charge in [-0.2, -0.15) is 5.10 Å². The third-order valence-electron chi connectivity index (χ3n) is 2.60. The van der Waals surface area contributed by atoms with E-state index >= 15 is 0 Å². The van der Waals surface area contributed by atoms with E-state index in [0.29, 0.717) is 12.2 Å². The Balaban J connectivity index is 2.19. The Kier molecular flexibility index (Phi) is 4.06. The first-order chi connectivity index (χ1) is 8.85. The van der Waals surface area contributed by atoms with Gasteiger partial charge in [0.2, 0.25) is 0 Å². The number of hydrogen-bond acceptors (Lipinski definition) is 2. The van der Waals surface area contributed by atoms with Crippen LogP contribution in [0.1, 0.15) is 26.5 Å². The molecule has 0 bridgehead atoms. The summed E-state index contributed by atoms with van der Waals surface area (Å²) in [5.41, 5.74) is 1.66. The van der Waals surface area contributed by atoms with Crippen molar-refractivity contribution in [2.75, 3.05) is 0 Å². The summed E-state index contributed by atoms with van der Waals surface area (Å²) >= 11 is 3.40. The van der Waals surface area contributed by atoms with Crippen LogP contribution in [-0.4, -0.2) is 15.3 Å². The maximum atomic E-state index is 13.3. The Hall–Kier alpha value is -1.20. The lowest BCUT2D eigenvalue weighted by Crippen LogP contribution is -2.35. The highest BCUT2D eigenvalue weighted by Gasteiger charge is 2.11. The van der Waals surface area contributed by atoms with E-state index in [9.17, 15) is 4.39 Å². The van der Waals surface area contributed by atoms with Gasteiger partial charge >= 0.3 is 0 Å². The number of hydrogen-bond donors (Lipinski definition) is 1. The molecule has 2 aromatic rings. The van der Waals surface area contributed by atoms with Crippen molar-refractivity contribution in [3.8, 4) is 5.69 Å². The van der Waals surface area contributed by atoms with Gasteiger partial charge in [-0.25, -0.2) is 9.07 Å². The maximum absolute atomic E-state index is 13.3. The van der Waals surface area contributed by atoms with Gasteiger partial charge in [-0.15, -0.1) is 0 Å². The first-order valence-corrected chi connectivity index (χ1v) is 6.89. The fourth-order valence-corrected chi connectivity index (χ4v) is 2.04. The molecule has 1 aromatic heterocycles. The van der Waals surface area contributed by atoms with Crippen LogP contribution in [0.2, 0.25) is 0 Å². The molecule has 0 atom stereocenters. The minimum Gasteiger partial charge on any atom is -0.306 e. The molecular formula is C14H17BrFN3. The second-order valence-electron chi connectivity index (χ2n) is 5.45. The van der Waals surface area contributed by atoms with Gasteiger partial charge in [-0.3, -0.25) is 0 Å². The zero-order chi connectivity index (χ0) is 14.0. The van der Waals surface area contributed by atoms with E-state index in [4.69, 9.17) is 0 Å². The van der Waals surface area contributed by atoms with Gasteiger partial charge < -0.3 is 5.32 Å². The third kappa shape index (κ3) is 3.88. The minimum atomic E-state index is -0.275. The summed E-state index contributed by atoms with van der Waals surface area (Å²) in [4.78, 5) is 0. The molecule has 0 amide bonds. The largest absolute Gasteiger partial charge is 0.306 e. The van der Waals surface area contributed by atoms with Gasteiger partial charge in [0.15, 0.2) is 0 Å². The normalized spacial score (nSPS) is 11.8. The number of benzene rings is 1. The van der Waals surface area contributed by atoms with Crippen molar-refractivity contribution in [1.82, 2.24) is 15.1 Å². The predicted molar refractivity (Wildman–Crippen MR) is 77.8 cm³/mol. The molecule has 0 spiro atoms. The first-order valence-electron chi connectivity index (χ1n) is 6.10. The van der Waals surface area contributed by atoms with E-state index in [2.05, 4.69) is 47.1 Å². The SMILES string of the molecule is CC(C)(C)NCc1ccn(-c2cc(F)ccc2Br)n1. The summed E-state index contributed by atoms with van der Waals surface area (Å²) in [5.74, 6) is -0.275. The smallest absolute Gasteiger partial charge is 0.125 e. The second-order valence-corrected chi connectivity index (χ2v) is 6.31. The molecule has 0 aliphatic rings. The first kappa shape index (κ1) is 14.2. The van der Waals surface area contributed by atoms with Crippen molar-refractivity contribution >= 4 is 15.9 Å². The van der Waals surface area contributed by atoms with Gasteiger partial charge in [0, 0.05) is 28.8 Å². The molecule has 1 N–H and O–H groups in total. The molecule has 1 heterocycles. The van der Waals surface area contributed by atoms with Crippen molar-refractivity contribution in [2.45, 2.75) is 32.9 Å². The highest BCUT2D eigenvalue weighted by molar-refractivity contribution is 9.10. The predicted octanol–water partition coefficient (Wildman–Crippen LogP) is 3.66. The summed E-state index contributed by atoms with van der Waals surface area (Å²) in [6.07, 6.45) is 1.83. The molecule has 3 nitrogen and oxygen atoms in total. The van der Waals surface area contributed by atoms with Gasteiger partial charge in [0.1, 0.15) is 5.82 Å². The summed E-state index contributed by atoms with van der Waals surface area (Å²) in [5, 5.41) is 7.81. The number of nitrogens with zero attached hydrogens (tertiary/aromatic N) is 2. The molecule has 0 saturated carbocycles. The van der Waals surface area contributed by atoms with Crippen LogP contribution in [-0.2, 0) is 6.54 Å². The van der Waals surface area contributed by atoms with Crippen molar-refractivity contribution in [3.63, 3.8) is 0 Å². The minimum absolute atomic E-state index is 0.0449. The van der Waals surface area contributed by atoms with E-state index in [1.165, 1.54) is 12.1 Å². The van der Waals surface area contributed by atoms with Crippen LogP contribution in [0.15, 0.2) is 34.9 Å². The number of rotatable bonds is 3. The van der Waals surface area contributed by atoms with E-state index in [-0.39, 0.29) is 11.4 Å². The maximum Gasteiger partial charge on any atom is 0.125 e. The second kappa shape index (κ2) is 5.43. The molecule has 19 heavy (non-hydrogen) atoms. The van der Waals surface area contributed by atoms with Crippen molar-refractivity contribution in [1.29, 1.82) is 0 Å². The van der Waals surface area contributed by atoms with Crippen LogP contribution < -0.4 is 5.32 Å². The average molecular weight is 326 g/mol. The van der Waals surface area contributed by atoms with Gasteiger partial charge in [-0.05, 0) is 54.9 Å². The van der Waals surface area contributed by atoms with Crippen molar-refractivity contribution in [3.05, 3.63) is 46.4 Å². The van der Waals surface area contributed by atoms with E-state index < -0.39 is 0 Å². The monoisotopic (exact) mass is 325 g/mol. The average Bonchev–Trinajstić information content (AvgIpc) is 2.77. The highest BCUT2D eigenvalue weighted by atomic mass is 79.9. The summed E-state index contributed by atoms with van der Waals surface area (Å²) in [6.45, 7) is 7.00. The molecule has 0 aliphatic heterocycles. The van der Waals surface area contributed by atoms with Gasteiger partial charge in [0.25, 0.3) is 0 Å². The molecule has 0 fully saturated rings. The standard InChI is InChI=1S/C14H17BrFN3/c1-14(2,3)17-9-11-6-7-19(18-11)13-8-10(16)4-5-12(13)15/h4-8,17H,9H2,1-3H3. The lowest BCUT2D eigenvalue weighted by Gasteiger charge is -2.19. The Morgan fingerprint density at radius 3 is 2.74 bits per heavy atom. The van der Waals surface area contributed by atoms with Gasteiger partial charge in [-0.1, -0.05) is 0 Å². The fraction of sp³-hybridized carbons (Fsp3) is 0.357. The molecule has 102 valence electrons. The van der Waals surface area contributed by atoms with Crippen molar-refractivity contribution in [2.24, 2.45) is 0 Å². The van der Waals surface area contributed by atoms with E-state index in [1.54, 1.807) is 10.7 Å². The molecule has 0 radical (unpaired) electrons. The zero-order valence-electron chi connectivity index (χ0n) is 11.2. The summed E-state index contributed by atoms with van der Waals surface area (Å²) in [7, 11) is 0. The number of aromatic nitrogens is 2. The van der Waals surface area contributed by atoms with Crippen LogP contribution in [0.4, 0.5) is 4.39 Å². The number of halogens is 2. The Bertz CT molecular complexity index is 572. The topological polar surface area (TPSA) is 29.9 Å². The Morgan fingerprint density at radius 1 is 1.32 bits per heavy atom. The highest BCUT2D eigenvalue weighted by Crippen LogP contribution is 2.21. The van der Waals surface area contributed by atoms with Crippen LogP contribution >= 0.6 is 15.9 Å². The van der Waals surface area contributed by atoms with Crippen molar-refractivity contribution < 1.29 is 4.39 Å². The molecule has 2 rings (SSSR count). The molecule has 0 saturated heterocycles. The quantitative estimate of drug-likeness (QED) is 0.933. The summed E-state index contributed by atoms with van der Waals surface area (Å²) in [6, 6.07) is 6.48. The zero-order valence-corrected chi connectivity index (χ0v) is 12.8.